The number of carbonyl (C=O) groups excluding carboxylic acids is 2. The number of rotatable bonds is 14. The van der Waals surface area contributed by atoms with Gasteiger partial charge in [0.2, 0.25) is 0 Å². The maximum atomic E-state index is 13.4. The minimum atomic E-state index is -1.03. The molecule has 0 aromatic heterocycles. The van der Waals surface area contributed by atoms with Crippen LogP contribution in [0.25, 0.3) is 0 Å². The number of esters is 1. The van der Waals surface area contributed by atoms with Gasteiger partial charge in [-0.1, -0.05) is 76.1 Å². The van der Waals surface area contributed by atoms with E-state index in [1.165, 1.54) is 30.9 Å². The number of benzene rings is 2. The third kappa shape index (κ3) is 10.6. The van der Waals surface area contributed by atoms with Gasteiger partial charge >= 0.3 is 12.0 Å². The summed E-state index contributed by atoms with van der Waals surface area (Å²) in [6.45, 7) is 14.8. The second-order valence-corrected chi connectivity index (χ2v) is 16.5. The van der Waals surface area contributed by atoms with Gasteiger partial charge < -0.3 is 15.0 Å². The first-order valence-electron chi connectivity index (χ1n) is 13.5. The van der Waals surface area contributed by atoms with Crippen LogP contribution in [0.1, 0.15) is 73.0 Å². The summed E-state index contributed by atoms with van der Waals surface area (Å²) in [4.78, 5) is 27.3. The fourth-order valence-electron chi connectivity index (χ4n) is 4.14. The number of amides is 2. The lowest BCUT2D eigenvalue weighted by atomic mass is 10.1. The zero-order valence-electron chi connectivity index (χ0n) is 23.3. The van der Waals surface area contributed by atoms with E-state index in [9.17, 15) is 9.59 Å². The molecule has 2 aromatic rings. The van der Waals surface area contributed by atoms with Crippen LogP contribution in [0.4, 0.5) is 10.5 Å². The summed E-state index contributed by atoms with van der Waals surface area (Å²) >= 11 is 0. The van der Waals surface area contributed by atoms with Gasteiger partial charge in [-0.15, -0.1) is 0 Å². The molecule has 0 fully saturated rings. The summed E-state index contributed by atoms with van der Waals surface area (Å²) in [5.41, 5.74) is 4.54. The van der Waals surface area contributed by atoms with E-state index in [0.29, 0.717) is 24.4 Å². The summed E-state index contributed by atoms with van der Waals surface area (Å²) < 4.78 is 5.09. The molecule has 6 heteroatoms. The molecule has 2 amide bonds. The Morgan fingerprint density at radius 1 is 0.917 bits per heavy atom. The Balaban J connectivity index is 2.08. The van der Waals surface area contributed by atoms with Crippen molar-refractivity contribution in [3.05, 3.63) is 64.7 Å². The first kappa shape index (κ1) is 29.6. The third-order valence-electron chi connectivity index (χ3n) is 6.34. The third-order valence-corrected chi connectivity index (χ3v) is 8.19. The monoisotopic (exact) mass is 510 g/mol. The Bertz CT molecular complexity index is 967. The maximum absolute atomic E-state index is 13.4. The Morgan fingerprint density at radius 2 is 1.61 bits per heavy atom. The van der Waals surface area contributed by atoms with Crippen LogP contribution in [0.15, 0.2) is 42.5 Å². The molecule has 0 aliphatic carbocycles. The number of unbranched alkanes of at least 4 members (excludes halogenated alkanes) is 3. The number of aryl methyl sites for hydroxylation is 2. The van der Waals surface area contributed by atoms with E-state index in [1.807, 2.05) is 11.8 Å². The minimum Gasteiger partial charge on any atom is -0.462 e. The predicted octanol–water partition coefficient (Wildman–Crippen LogP) is 8.06. The highest BCUT2D eigenvalue weighted by Gasteiger charge is 2.17. The summed E-state index contributed by atoms with van der Waals surface area (Å²) in [5, 5.41) is 3.07. The molecule has 0 spiro atoms. The first-order valence-corrected chi connectivity index (χ1v) is 17.2. The molecule has 0 bridgehead atoms. The quantitative estimate of drug-likeness (QED) is 0.159. The van der Waals surface area contributed by atoms with E-state index < -0.39 is 8.07 Å². The van der Waals surface area contributed by atoms with Gasteiger partial charge in [0, 0.05) is 26.9 Å². The molecule has 5 nitrogen and oxygen atoms in total. The summed E-state index contributed by atoms with van der Waals surface area (Å²) in [6, 6.07) is 15.1. The van der Waals surface area contributed by atoms with E-state index in [-0.39, 0.29) is 12.0 Å². The van der Waals surface area contributed by atoms with Gasteiger partial charge in [0.05, 0.1) is 12.2 Å². The molecule has 0 atom stereocenters. The zero-order chi connectivity index (χ0) is 26.6. The number of hydrogen-bond acceptors (Lipinski definition) is 3. The number of ether oxygens (including phenoxy) is 1. The first-order chi connectivity index (χ1) is 17.1. The van der Waals surface area contributed by atoms with Gasteiger partial charge in [-0.25, -0.2) is 9.59 Å². The summed E-state index contributed by atoms with van der Waals surface area (Å²) in [5.74, 6) is -0.346. The van der Waals surface area contributed by atoms with E-state index in [0.717, 1.165) is 36.9 Å². The van der Waals surface area contributed by atoms with Crippen molar-refractivity contribution < 1.29 is 14.3 Å². The summed E-state index contributed by atoms with van der Waals surface area (Å²) in [7, 11) is -1.03. The standard InChI is InChI=1S/C30H46N2O3Si/c1-7-9-13-25-14-16-26(17-15-25)23-32(20-11-10-12-21-36(4,5)6)30(34)31-28-19-18-27(22-24(28)3)29(33)35-8-2/h14-19,22H,7-13,20-21,23H2,1-6H3,(H,31,34). The highest BCUT2D eigenvalue weighted by molar-refractivity contribution is 6.76. The molecule has 0 unspecified atom stereocenters. The smallest absolute Gasteiger partial charge is 0.338 e. The Hall–Kier alpha value is -2.60. The molecular weight excluding hydrogens is 464 g/mol. The zero-order valence-corrected chi connectivity index (χ0v) is 24.3. The molecule has 1 N–H and O–H groups in total. The number of anilines is 1. The van der Waals surface area contributed by atoms with Gasteiger partial charge in [0.15, 0.2) is 0 Å². The largest absolute Gasteiger partial charge is 0.462 e. The van der Waals surface area contributed by atoms with Crippen molar-refractivity contribution in [1.29, 1.82) is 0 Å². The lowest BCUT2D eigenvalue weighted by molar-refractivity contribution is 0.0526. The lowest BCUT2D eigenvalue weighted by Gasteiger charge is -2.24. The second kappa shape index (κ2) is 14.8. The topological polar surface area (TPSA) is 58.6 Å². The molecule has 2 rings (SSSR count). The number of nitrogens with zero attached hydrogens (tertiary/aromatic N) is 1. The minimum absolute atomic E-state index is 0.109. The van der Waals surface area contributed by atoms with E-state index in [1.54, 1.807) is 25.1 Å². The average Bonchev–Trinajstić information content (AvgIpc) is 2.83. The Labute approximate surface area is 219 Å². The molecule has 0 saturated carbocycles. The van der Waals surface area contributed by atoms with E-state index >= 15 is 0 Å². The van der Waals surface area contributed by atoms with Crippen molar-refractivity contribution in [3.63, 3.8) is 0 Å². The van der Waals surface area contributed by atoms with Gasteiger partial charge in [-0.2, -0.15) is 0 Å². The Morgan fingerprint density at radius 3 is 2.22 bits per heavy atom. The number of nitrogens with one attached hydrogen (secondary N) is 1. The molecule has 0 aliphatic heterocycles. The molecule has 0 heterocycles. The molecule has 36 heavy (non-hydrogen) atoms. The van der Waals surface area contributed by atoms with Crippen molar-refractivity contribution in [2.24, 2.45) is 0 Å². The van der Waals surface area contributed by atoms with Crippen molar-refractivity contribution in [2.75, 3.05) is 18.5 Å². The van der Waals surface area contributed by atoms with Crippen molar-refractivity contribution >= 4 is 25.8 Å². The van der Waals surface area contributed by atoms with Crippen molar-refractivity contribution in [3.8, 4) is 0 Å². The van der Waals surface area contributed by atoms with Crippen molar-refractivity contribution in [2.45, 2.75) is 91.5 Å². The number of hydrogen-bond donors (Lipinski definition) is 1. The number of urea groups is 1. The highest BCUT2D eigenvalue weighted by atomic mass is 28.3. The van der Waals surface area contributed by atoms with Crippen LogP contribution in [0.5, 0.6) is 0 Å². The van der Waals surface area contributed by atoms with Gasteiger partial charge in [0.1, 0.15) is 0 Å². The fraction of sp³-hybridized carbons (Fsp3) is 0.533. The molecule has 198 valence electrons. The fourth-order valence-corrected chi connectivity index (χ4v) is 5.45. The van der Waals surface area contributed by atoms with Crippen LogP contribution in [0.3, 0.4) is 0 Å². The van der Waals surface area contributed by atoms with Gasteiger partial charge in [-0.3, -0.25) is 0 Å². The van der Waals surface area contributed by atoms with E-state index in [2.05, 4.69) is 56.1 Å². The van der Waals surface area contributed by atoms with Crippen LogP contribution in [-0.4, -0.2) is 38.1 Å². The Kier molecular flexibility index (Phi) is 12.2. The average molecular weight is 511 g/mol. The second-order valence-electron chi connectivity index (χ2n) is 10.9. The van der Waals surface area contributed by atoms with Crippen LogP contribution in [0.2, 0.25) is 25.7 Å². The van der Waals surface area contributed by atoms with Crippen LogP contribution in [-0.2, 0) is 17.7 Å². The van der Waals surface area contributed by atoms with Crippen LogP contribution in [0, 0.1) is 6.92 Å². The van der Waals surface area contributed by atoms with Crippen molar-refractivity contribution in [1.82, 2.24) is 4.90 Å². The predicted molar refractivity (Wildman–Crippen MR) is 154 cm³/mol. The van der Waals surface area contributed by atoms with Gasteiger partial charge in [0.25, 0.3) is 0 Å². The normalized spacial score (nSPS) is 11.3. The van der Waals surface area contributed by atoms with E-state index in [4.69, 9.17) is 4.74 Å². The van der Waals surface area contributed by atoms with Crippen LogP contribution < -0.4 is 5.32 Å². The lowest BCUT2D eigenvalue weighted by Crippen LogP contribution is -2.35. The highest BCUT2D eigenvalue weighted by Crippen LogP contribution is 2.20. The molecule has 2 aromatic carbocycles. The molecular formula is C30H46N2O3Si. The van der Waals surface area contributed by atoms with Crippen LogP contribution >= 0.6 is 0 Å². The maximum Gasteiger partial charge on any atom is 0.338 e. The number of carbonyl (C=O) groups is 2. The summed E-state index contributed by atoms with van der Waals surface area (Å²) in [6.07, 6.45) is 6.84. The SMILES string of the molecule is CCCCc1ccc(CN(CCCCC[Si](C)(C)C)C(=O)Nc2ccc(C(=O)OCC)cc2C)cc1. The van der Waals surface area contributed by atoms with Gasteiger partial charge in [-0.05, 0) is 68.0 Å². The molecule has 0 saturated heterocycles. The molecule has 0 radical (unpaired) electrons. The molecule has 0 aliphatic rings.